The second-order valence-corrected chi connectivity index (χ2v) is 3.83. The number of hydrogen-bond acceptors (Lipinski definition) is 4. The first-order chi connectivity index (χ1) is 8.78. The van der Waals surface area contributed by atoms with E-state index in [0.717, 1.165) is 11.8 Å². The Morgan fingerprint density at radius 2 is 1.94 bits per heavy atom. The maximum absolute atomic E-state index is 10.9. The lowest BCUT2D eigenvalue weighted by atomic mass is 10.2. The molecule has 0 amide bonds. The number of carbonyl (C=O) groups is 1. The highest BCUT2D eigenvalue weighted by Crippen LogP contribution is 2.20. The van der Waals surface area contributed by atoms with Gasteiger partial charge in [0, 0.05) is 11.8 Å². The van der Waals surface area contributed by atoms with Gasteiger partial charge in [-0.25, -0.2) is 9.50 Å². The third-order valence-electron chi connectivity index (χ3n) is 2.64. The topological polar surface area (TPSA) is 67.5 Å². The maximum atomic E-state index is 10.9. The van der Waals surface area contributed by atoms with Crippen molar-refractivity contribution in [2.45, 2.75) is 0 Å². The van der Waals surface area contributed by atoms with Gasteiger partial charge in [0.15, 0.2) is 17.8 Å². The van der Waals surface area contributed by atoms with Gasteiger partial charge in [-0.05, 0) is 36.4 Å². The van der Waals surface area contributed by atoms with E-state index in [1.165, 1.54) is 0 Å². The second kappa shape index (κ2) is 3.96. The number of aromatic nitrogens is 3. The molecule has 0 unspecified atom stereocenters. The van der Waals surface area contributed by atoms with Crippen molar-refractivity contribution < 1.29 is 9.90 Å². The van der Waals surface area contributed by atoms with E-state index in [2.05, 4.69) is 10.1 Å². The van der Waals surface area contributed by atoms with Gasteiger partial charge in [-0.2, -0.15) is 0 Å². The maximum Gasteiger partial charge on any atom is 0.182 e. The molecule has 5 heteroatoms. The number of carbonyl (C=O) groups excluding carboxylic acids is 1. The van der Waals surface area contributed by atoms with E-state index in [0.29, 0.717) is 17.0 Å². The lowest BCUT2D eigenvalue weighted by molar-refractivity contribution is 0.112. The molecule has 0 atom stereocenters. The fraction of sp³-hybridized carbons (Fsp3) is 0. The van der Waals surface area contributed by atoms with Crippen LogP contribution in [0.2, 0.25) is 0 Å². The van der Waals surface area contributed by atoms with Crippen LogP contribution in [-0.2, 0) is 0 Å². The zero-order valence-electron chi connectivity index (χ0n) is 9.32. The van der Waals surface area contributed by atoms with Gasteiger partial charge in [-0.15, -0.1) is 5.10 Å². The molecule has 2 aromatic heterocycles. The Kier molecular flexibility index (Phi) is 2.30. The number of pyridine rings is 1. The van der Waals surface area contributed by atoms with Crippen LogP contribution in [0.1, 0.15) is 10.4 Å². The molecule has 0 bridgehead atoms. The van der Waals surface area contributed by atoms with Crippen LogP contribution in [-0.4, -0.2) is 26.0 Å². The molecule has 18 heavy (non-hydrogen) atoms. The molecule has 0 aliphatic rings. The summed E-state index contributed by atoms with van der Waals surface area (Å²) in [6.45, 7) is 0. The Labute approximate surface area is 102 Å². The van der Waals surface area contributed by atoms with E-state index >= 15 is 0 Å². The fourth-order valence-corrected chi connectivity index (χ4v) is 1.75. The van der Waals surface area contributed by atoms with E-state index in [1.54, 1.807) is 47.1 Å². The highest BCUT2D eigenvalue weighted by Gasteiger charge is 2.08. The van der Waals surface area contributed by atoms with Crippen molar-refractivity contribution in [2.75, 3.05) is 0 Å². The molecular formula is C13H9N3O2. The predicted octanol–water partition coefficient (Wildman–Crippen LogP) is 1.91. The molecule has 0 saturated heterocycles. The minimum atomic E-state index is 0.191. The normalized spacial score (nSPS) is 10.7. The number of hydrogen-bond donors (Lipinski definition) is 1. The van der Waals surface area contributed by atoms with Gasteiger partial charge in [0.2, 0.25) is 0 Å². The molecule has 0 aliphatic heterocycles. The summed E-state index contributed by atoms with van der Waals surface area (Å²) in [6, 6.07) is 10.0. The number of aromatic hydroxyl groups is 1. The summed E-state index contributed by atoms with van der Waals surface area (Å²) in [6.07, 6.45) is 2.49. The fourth-order valence-electron chi connectivity index (χ4n) is 1.75. The Hall–Kier alpha value is -2.69. The summed E-state index contributed by atoms with van der Waals surface area (Å²) < 4.78 is 1.56. The molecule has 0 aliphatic carbocycles. The highest BCUT2D eigenvalue weighted by molar-refractivity contribution is 5.84. The van der Waals surface area contributed by atoms with Crippen molar-refractivity contribution in [1.82, 2.24) is 14.6 Å². The summed E-state index contributed by atoms with van der Waals surface area (Å²) in [5.74, 6) is 0.709. The molecule has 1 aromatic carbocycles. The van der Waals surface area contributed by atoms with Gasteiger partial charge in [0.05, 0.1) is 5.56 Å². The average Bonchev–Trinajstić information content (AvgIpc) is 2.83. The molecule has 2 heterocycles. The first-order valence-electron chi connectivity index (χ1n) is 5.38. The Morgan fingerprint density at radius 1 is 1.17 bits per heavy atom. The van der Waals surface area contributed by atoms with Crippen LogP contribution < -0.4 is 0 Å². The van der Waals surface area contributed by atoms with Crippen LogP contribution in [0.5, 0.6) is 5.75 Å². The molecule has 0 spiro atoms. The van der Waals surface area contributed by atoms with Crippen molar-refractivity contribution in [1.29, 1.82) is 0 Å². The quantitative estimate of drug-likeness (QED) is 0.694. The molecule has 0 saturated carbocycles. The Bertz CT molecular complexity index is 717. The van der Waals surface area contributed by atoms with Gasteiger partial charge in [0.25, 0.3) is 0 Å². The zero-order chi connectivity index (χ0) is 12.5. The first kappa shape index (κ1) is 10.5. The van der Waals surface area contributed by atoms with Crippen LogP contribution in [0.25, 0.3) is 17.0 Å². The summed E-state index contributed by atoms with van der Waals surface area (Å²) >= 11 is 0. The van der Waals surface area contributed by atoms with Crippen LogP contribution in [0.3, 0.4) is 0 Å². The summed E-state index contributed by atoms with van der Waals surface area (Å²) in [7, 11) is 0. The zero-order valence-corrected chi connectivity index (χ0v) is 9.32. The van der Waals surface area contributed by atoms with Crippen molar-refractivity contribution in [3.63, 3.8) is 0 Å². The number of aldehydes is 1. The smallest absolute Gasteiger partial charge is 0.182 e. The summed E-state index contributed by atoms with van der Waals surface area (Å²) in [5, 5.41) is 13.5. The molecule has 1 N–H and O–H groups in total. The third-order valence-corrected chi connectivity index (χ3v) is 2.64. The van der Waals surface area contributed by atoms with Crippen molar-refractivity contribution >= 4 is 11.9 Å². The van der Waals surface area contributed by atoms with Gasteiger partial charge in [-0.1, -0.05) is 0 Å². The SMILES string of the molecule is O=Cc1cccn2nc(-c3ccc(O)cc3)nc12. The number of phenolic OH excluding ortho intramolecular Hbond substituents is 1. The molecule has 0 fully saturated rings. The van der Waals surface area contributed by atoms with E-state index in [9.17, 15) is 9.90 Å². The highest BCUT2D eigenvalue weighted by atomic mass is 16.3. The number of rotatable bonds is 2. The number of nitrogens with zero attached hydrogens (tertiary/aromatic N) is 3. The Balaban J connectivity index is 2.19. The van der Waals surface area contributed by atoms with Gasteiger partial charge >= 0.3 is 0 Å². The van der Waals surface area contributed by atoms with Crippen molar-refractivity contribution in [2.24, 2.45) is 0 Å². The molecular weight excluding hydrogens is 230 g/mol. The molecule has 88 valence electrons. The molecule has 3 aromatic rings. The minimum Gasteiger partial charge on any atom is -0.508 e. The van der Waals surface area contributed by atoms with E-state index in [1.807, 2.05) is 0 Å². The predicted molar refractivity (Wildman–Crippen MR) is 65.5 cm³/mol. The number of benzene rings is 1. The summed E-state index contributed by atoms with van der Waals surface area (Å²) in [5.41, 5.74) is 1.80. The van der Waals surface area contributed by atoms with Crippen molar-refractivity contribution in [3.05, 3.63) is 48.2 Å². The lowest BCUT2D eigenvalue weighted by Crippen LogP contribution is -1.90. The van der Waals surface area contributed by atoms with E-state index in [-0.39, 0.29) is 5.75 Å². The lowest BCUT2D eigenvalue weighted by Gasteiger charge is -1.94. The molecule has 5 nitrogen and oxygen atoms in total. The van der Waals surface area contributed by atoms with Gasteiger partial charge < -0.3 is 5.11 Å². The summed E-state index contributed by atoms with van der Waals surface area (Å²) in [4.78, 5) is 15.2. The Morgan fingerprint density at radius 3 is 2.67 bits per heavy atom. The second-order valence-electron chi connectivity index (χ2n) is 3.83. The number of phenols is 1. The van der Waals surface area contributed by atoms with Gasteiger partial charge in [-0.3, -0.25) is 4.79 Å². The van der Waals surface area contributed by atoms with E-state index in [4.69, 9.17) is 0 Å². The van der Waals surface area contributed by atoms with Crippen LogP contribution in [0.4, 0.5) is 0 Å². The number of fused-ring (bicyclic) bond motifs is 1. The van der Waals surface area contributed by atoms with Crippen molar-refractivity contribution in [3.8, 4) is 17.1 Å². The average molecular weight is 239 g/mol. The third kappa shape index (κ3) is 1.62. The monoisotopic (exact) mass is 239 g/mol. The standard InChI is InChI=1S/C13H9N3O2/c17-8-10-2-1-7-16-13(10)14-12(15-16)9-3-5-11(18)6-4-9/h1-8,18H. The van der Waals surface area contributed by atoms with Crippen LogP contribution in [0, 0.1) is 0 Å². The molecule has 0 radical (unpaired) electrons. The van der Waals surface area contributed by atoms with Crippen LogP contribution in [0.15, 0.2) is 42.6 Å². The minimum absolute atomic E-state index is 0.191. The van der Waals surface area contributed by atoms with Gasteiger partial charge in [0.1, 0.15) is 5.75 Å². The largest absolute Gasteiger partial charge is 0.508 e. The van der Waals surface area contributed by atoms with E-state index < -0.39 is 0 Å². The first-order valence-corrected chi connectivity index (χ1v) is 5.38. The van der Waals surface area contributed by atoms with Crippen LogP contribution >= 0.6 is 0 Å². The molecule has 3 rings (SSSR count).